The predicted octanol–water partition coefficient (Wildman–Crippen LogP) is 2.69. The molecule has 1 aliphatic carbocycles. The Morgan fingerprint density at radius 1 is 1.43 bits per heavy atom. The predicted molar refractivity (Wildman–Crippen MR) is 60.6 cm³/mol. The number of aromatic nitrogens is 1. The topological polar surface area (TPSA) is 24.9 Å². The molecule has 0 unspecified atom stereocenters. The first-order chi connectivity index (χ1) is 6.47. The van der Waals surface area contributed by atoms with Crippen LogP contribution in [0, 0.1) is 12.3 Å². The minimum absolute atomic E-state index is 0.169. The quantitative estimate of drug-likeness (QED) is 0.812. The Kier molecular flexibility index (Phi) is 2.20. The SMILES string of the molecule is CNC1(c2nc(C)cs2)CC(C)(C)C1. The van der Waals surface area contributed by atoms with Crippen molar-refractivity contribution in [2.45, 2.75) is 39.2 Å². The fourth-order valence-electron chi connectivity index (χ4n) is 2.59. The summed E-state index contributed by atoms with van der Waals surface area (Å²) in [6.07, 6.45) is 2.40. The van der Waals surface area contributed by atoms with Crippen LogP contribution in [0.2, 0.25) is 0 Å². The van der Waals surface area contributed by atoms with E-state index in [0.717, 1.165) is 5.69 Å². The minimum Gasteiger partial charge on any atom is -0.308 e. The fourth-order valence-corrected chi connectivity index (χ4v) is 3.59. The van der Waals surface area contributed by atoms with Gasteiger partial charge in [0.15, 0.2) is 0 Å². The summed E-state index contributed by atoms with van der Waals surface area (Å²) >= 11 is 1.78. The Bertz CT molecular complexity index is 333. The molecule has 1 heterocycles. The van der Waals surface area contributed by atoms with E-state index in [4.69, 9.17) is 0 Å². The summed E-state index contributed by atoms with van der Waals surface area (Å²) in [7, 11) is 2.05. The molecule has 0 spiro atoms. The van der Waals surface area contributed by atoms with Crippen LogP contribution in [0.3, 0.4) is 0 Å². The van der Waals surface area contributed by atoms with Crippen LogP contribution in [0.4, 0.5) is 0 Å². The van der Waals surface area contributed by atoms with Crippen LogP contribution in [0.1, 0.15) is 37.4 Å². The Morgan fingerprint density at radius 2 is 2.07 bits per heavy atom. The van der Waals surface area contributed by atoms with Crippen molar-refractivity contribution in [2.24, 2.45) is 5.41 Å². The summed E-state index contributed by atoms with van der Waals surface area (Å²) < 4.78 is 0. The molecule has 3 heteroatoms. The molecule has 0 bridgehead atoms. The molecule has 0 aromatic carbocycles. The summed E-state index contributed by atoms with van der Waals surface area (Å²) in [5, 5.41) is 6.85. The Balaban J connectivity index is 2.24. The smallest absolute Gasteiger partial charge is 0.113 e. The minimum atomic E-state index is 0.169. The zero-order valence-electron chi connectivity index (χ0n) is 9.35. The molecule has 2 rings (SSSR count). The van der Waals surface area contributed by atoms with Gasteiger partial charge in [0.1, 0.15) is 5.01 Å². The monoisotopic (exact) mass is 210 g/mol. The van der Waals surface area contributed by atoms with Gasteiger partial charge < -0.3 is 5.32 Å². The van der Waals surface area contributed by atoms with Crippen LogP contribution in [-0.4, -0.2) is 12.0 Å². The lowest BCUT2D eigenvalue weighted by Crippen LogP contribution is -2.54. The number of rotatable bonds is 2. The molecule has 78 valence electrons. The molecule has 1 fully saturated rings. The Labute approximate surface area is 89.8 Å². The highest BCUT2D eigenvalue weighted by Gasteiger charge is 2.50. The van der Waals surface area contributed by atoms with Gasteiger partial charge in [0.2, 0.25) is 0 Å². The number of thiazole rings is 1. The van der Waals surface area contributed by atoms with E-state index in [2.05, 4.69) is 36.5 Å². The van der Waals surface area contributed by atoms with Gasteiger partial charge in [-0.05, 0) is 32.2 Å². The Morgan fingerprint density at radius 3 is 2.43 bits per heavy atom. The molecule has 0 atom stereocenters. The number of nitrogens with zero attached hydrogens (tertiary/aromatic N) is 1. The van der Waals surface area contributed by atoms with Crippen molar-refractivity contribution in [2.75, 3.05) is 7.05 Å². The first-order valence-corrected chi connectivity index (χ1v) is 5.97. The highest BCUT2D eigenvalue weighted by Crippen LogP contribution is 2.53. The van der Waals surface area contributed by atoms with Crippen LogP contribution < -0.4 is 5.32 Å². The fraction of sp³-hybridized carbons (Fsp3) is 0.727. The third-order valence-electron chi connectivity index (χ3n) is 3.07. The molecule has 2 nitrogen and oxygen atoms in total. The maximum absolute atomic E-state index is 4.60. The molecule has 0 aliphatic heterocycles. The highest BCUT2D eigenvalue weighted by molar-refractivity contribution is 7.09. The van der Waals surface area contributed by atoms with E-state index in [1.165, 1.54) is 17.8 Å². The lowest BCUT2D eigenvalue weighted by molar-refractivity contribution is 0.0346. The van der Waals surface area contributed by atoms with E-state index in [9.17, 15) is 0 Å². The van der Waals surface area contributed by atoms with Crippen molar-refractivity contribution in [3.05, 3.63) is 16.1 Å². The second-order valence-electron chi connectivity index (χ2n) is 5.14. The van der Waals surface area contributed by atoms with Crippen molar-refractivity contribution in [3.63, 3.8) is 0 Å². The average molecular weight is 210 g/mol. The van der Waals surface area contributed by atoms with Gasteiger partial charge in [-0.2, -0.15) is 0 Å². The number of nitrogens with one attached hydrogen (secondary N) is 1. The Hall–Kier alpha value is -0.410. The van der Waals surface area contributed by atoms with Crippen LogP contribution >= 0.6 is 11.3 Å². The van der Waals surface area contributed by atoms with Gasteiger partial charge in [0, 0.05) is 11.1 Å². The maximum atomic E-state index is 4.60. The van der Waals surface area contributed by atoms with Crippen molar-refractivity contribution in [1.29, 1.82) is 0 Å². The van der Waals surface area contributed by atoms with Crippen molar-refractivity contribution in [1.82, 2.24) is 10.3 Å². The third-order valence-corrected chi connectivity index (χ3v) is 4.23. The summed E-state index contributed by atoms with van der Waals surface area (Å²) in [6.45, 7) is 6.71. The average Bonchev–Trinajstić information content (AvgIpc) is 2.47. The van der Waals surface area contributed by atoms with E-state index >= 15 is 0 Å². The lowest BCUT2D eigenvalue weighted by atomic mass is 9.59. The maximum Gasteiger partial charge on any atom is 0.113 e. The summed E-state index contributed by atoms with van der Waals surface area (Å²) in [5.41, 5.74) is 1.79. The van der Waals surface area contributed by atoms with E-state index < -0.39 is 0 Å². The molecule has 1 aliphatic rings. The van der Waals surface area contributed by atoms with Gasteiger partial charge in [-0.3, -0.25) is 0 Å². The van der Waals surface area contributed by atoms with Gasteiger partial charge in [-0.15, -0.1) is 11.3 Å². The molecule has 1 aromatic heterocycles. The largest absolute Gasteiger partial charge is 0.308 e. The van der Waals surface area contributed by atoms with Crippen LogP contribution in [0.15, 0.2) is 5.38 Å². The van der Waals surface area contributed by atoms with Crippen molar-refractivity contribution >= 4 is 11.3 Å². The molecule has 1 N–H and O–H groups in total. The lowest BCUT2D eigenvalue weighted by Gasteiger charge is -2.52. The summed E-state index contributed by atoms with van der Waals surface area (Å²) in [6, 6.07) is 0. The van der Waals surface area contributed by atoms with Gasteiger partial charge in [-0.1, -0.05) is 13.8 Å². The van der Waals surface area contributed by atoms with Gasteiger partial charge >= 0.3 is 0 Å². The first kappa shape index (κ1) is 10.1. The molecule has 1 saturated carbocycles. The molecule has 14 heavy (non-hydrogen) atoms. The number of hydrogen-bond acceptors (Lipinski definition) is 3. The highest BCUT2D eigenvalue weighted by atomic mass is 32.1. The van der Waals surface area contributed by atoms with Crippen LogP contribution in [-0.2, 0) is 5.54 Å². The van der Waals surface area contributed by atoms with Crippen molar-refractivity contribution in [3.8, 4) is 0 Å². The van der Waals surface area contributed by atoms with Gasteiger partial charge in [0.25, 0.3) is 0 Å². The van der Waals surface area contributed by atoms with E-state index in [-0.39, 0.29) is 5.54 Å². The zero-order chi connectivity index (χ0) is 10.4. The first-order valence-electron chi connectivity index (χ1n) is 5.09. The molecule has 0 saturated heterocycles. The molecule has 0 amide bonds. The standard InChI is InChI=1S/C11H18N2S/c1-8-5-14-9(13-8)11(12-4)6-10(2,3)7-11/h5,12H,6-7H2,1-4H3. The number of aryl methyl sites for hydroxylation is 1. The second-order valence-corrected chi connectivity index (χ2v) is 6.00. The third kappa shape index (κ3) is 1.48. The summed E-state index contributed by atoms with van der Waals surface area (Å²) in [5.74, 6) is 0. The zero-order valence-corrected chi connectivity index (χ0v) is 10.2. The van der Waals surface area contributed by atoms with E-state index in [0.29, 0.717) is 5.41 Å². The van der Waals surface area contributed by atoms with Crippen LogP contribution in [0.25, 0.3) is 0 Å². The van der Waals surface area contributed by atoms with E-state index in [1.54, 1.807) is 11.3 Å². The summed E-state index contributed by atoms with van der Waals surface area (Å²) in [4.78, 5) is 4.60. The second kappa shape index (κ2) is 3.04. The van der Waals surface area contributed by atoms with Gasteiger partial charge in [-0.25, -0.2) is 4.98 Å². The molecular formula is C11H18N2S. The molecule has 1 aromatic rings. The molecular weight excluding hydrogens is 192 g/mol. The normalized spacial score (nSPS) is 23.1. The van der Waals surface area contributed by atoms with Crippen molar-refractivity contribution < 1.29 is 0 Å². The van der Waals surface area contributed by atoms with Crippen LogP contribution in [0.5, 0.6) is 0 Å². The molecule has 0 radical (unpaired) electrons. The van der Waals surface area contributed by atoms with E-state index in [1.807, 2.05) is 7.05 Å². The van der Waals surface area contributed by atoms with Gasteiger partial charge in [0.05, 0.1) is 5.54 Å². The number of hydrogen-bond donors (Lipinski definition) is 1.